The van der Waals surface area contributed by atoms with Gasteiger partial charge in [0, 0.05) is 42.0 Å². The molecule has 2 unspecified atom stereocenters. The zero-order chi connectivity index (χ0) is 24.7. The van der Waals surface area contributed by atoms with E-state index < -0.39 is 38.7 Å². The molecule has 3 rings (SSSR count). The summed E-state index contributed by atoms with van der Waals surface area (Å²) in [7, 11) is -4.19. The Kier molecular flexibility index (Phi) is 8.62. The van der Waals surface area contributed by atoms with Crippen molar-refractivity contribution in [2.24, 2.45) is 5.92 Å². The molecule has 0 aliphatic carbocycles. The molecule has 3 aromatic rings. The number of ether oxygens (including phenoxy) is 1. The van der Waals surface area contributed by atoms with Crippen LogP contribution in [0.3, 0.4) is 0 Å². The highest BCUT2D eigenvalue weighted by Gasteiger charge is 2.36. The maximum Gasteiger partial charge on any atom is 0.407 e. The zero-order valence-corrected chi connectivity index (χ0v) is 19.9. The smallest absolute Gasteiger partial charge is 0.407 e. The maximum absolute atomic E-state index is 14.6. The summed E-state index contributed by atoms with van der Waals surface area (Å²) in [5.41, 5.74) is -0.341. The van der Waals surface area contributed by atoms with E-state index in [-0.39, 0.29) is 17.1 Å². The van der Waals surface area contributed by atoms with Crippen molar-refractivity contribution in [1.29, 1.82) is 0 Å². The van der Waals surface area contributed by atoms with Crippen molar-refractivity contribution in [3.8, 4) is 0 Å². The molecule has 0 saturated carbocycles. The predicted octanol–water partition coefficient (Wildman–Crippen LogP) is 4.78. The van der Waals surface area contributed by atoms with Gasteiger partial charge in [-0.2, -0.15) is 0 Å². The van der Waals surface area contributed by atoms with E-state index in [1.54, 1.807) is 18.7 Å². The molecule has 2 atom stereocenters. The van der Waals surface area contributed by atoms with Crippen molar-refractivity contribution in [3.63, 3.8) is 0 Å². The van der Waals surface area contributed by atoms with Crippen LogP contribution in [0.15, 0.2) is 66.1 Å². The van der Waals surface area contributed by atoms with Crippen LogP contribution in [0, 0.1) is 17.6 Å². The summed E-state index contributed by atoms with van der Waals surface area (Å²) in [6.45, 7) is 2.14. The number of halogens is 3. The molecule has 0 bridgehead atoms. The second-order valence-corrected chi connectivity index (χ2v) is 10.2. The third-order valence-corrected chi connectivity index (χ3v) is 7.73. The molecule has 1 heterocycles. The molecule has 7 nitrogen and oxygen atoms in total. The Bertz CT molecular complexity index is 1210. The van der Waals surface area contributed by atoms with E-state index in [0.717, 1.165) is 18.2 Å². The highest BCUT2D eigenvalue weighted by molar-refractivity contribution is 7.91. The van der Waals surface area contributed by atoms with Gasteiger partial charge in [-0.15, -0.1) is 0 Å². The lowest BCUT2D eigenvalue weighted by atomic mass is 10.0. The molecule has 34 heavy (non-hydrogen) atoms. The van der Waals surface area contributed by atoms with E-state index in [4.69, 9.17) is 16.3 Å². The minimum absolute atomic E-state index is 0.110. The molecular weight excluding hydrogens is 488 g/mol. The van der Waals surface area contributed by atoms with Crippen molar-refractivity contribution >= 4 is 27.5 Å². The fourth-order valence-corrected chi connectivity index (χ4v) is 5.64. The second-order valence-electron chi connectivity index (χ2n) is 7.74. The molecule has 1 aromatic heterocycles. The number of amides is 1. The molecular formula is C23H24ClF2N3O4S. The van der Waals surface area contributed by atoms with Gasteiger partial charge in [0.1, 0.15) is 11.6 Å². The standard InChI is InChI=1S/C23H24ClF2N3O4S/c1-16(14-33-23(30)28-9-2-11-29-12-10-27-15-29)22(20-13-18(25)5-8-21(20)26)34(31,32)19-6-3-17(24)4-7-19/h3-8,10,12-13,15-16,22H,2,9,11,14H2,1H3,(H,28,30). The van der Waals surface area contributed by atoms with Crippen molar-refractivity contribution in [2.75, 3.05) is 13.2 Å². The SMILES string of the molecule is CC(COC(=O)NCCCn1ccnc1)C(c1cc(F)ccc1F)S(=O)(=O)c1ccc(Cl)cc1. The van der Waals surface area contributed by atoms with Crippen LogP contribution in [0.25, 0.3) is 0 Å². The third kappa shape index (κ3) is 6.54. The van der Waals surface area contributed by atoms with Crippen LogP contribution in [0.5, 0.6) is 0 Å². The highest BCUT2D eigenvalue weighted by Crippen LogP contribution is 2.37. The first-order chi connectivity index (χ1) is 16.2. The molecule has 0 aliphatic rings. The summed E-state index contributed by atoms with van der Waals surface area (Å²) in [6.07, 6.45) is 5.00. The summed E-state index contributed by atoms with van der Waals surface area (Å²) >= 11 is 5.86. The minimum Gasteiger partial charge on any atom is -0.449 e. The lowest BCUT2D eigenvalue weighted by Gasteiger charge is -2.25. The zero-order valence-electron chi connectivity index (χ0n) is 18.3. The number of imidazole rings is 1. The number of aryl methyl sites for hydroxylation is 1. The summed E-state index contributed by atoms with van der Waals surface area (Å²) in [6, 6.07) is 8.00. The number of hydrogen-bond acceptors (Lipinski definition) is 5. The van der Waals surface area contributed by atoms with Gasteiger partial charge in [-0.1, -0.05) is 18.5 Å². The van der Waals surface area contributed by atoms with E-state index in [2.05, 4.69) is 10.3 Å². The topological polar surface area (TPSA) is 90.3 Å². The van der Waals surface area contributed by atoms with Gasteiger partial charge < -0.3 is 14.6 Å². The summed E-state index contributed by atoms with van der Waals surface area (Å²) in [4.78, 5) is 15.9. The van der Waals surface area contributed by atoms with Crippen molar-refractivity contribution < 1.29 is 26.7 Å². The number of rotatable bonds is 10. The van der Waals surface area contributed by atoms with E-state index >= 15 is 0 Å². The number of aromatic nitrogens is 2. The van der Waals surface area contributed by atoms with Gasteiger partial charge >= 0.3 is 6.09 Å². The van der Waals surface area contributed by atoms with Crippen LogP contribution in [-0.2, 0) is 21.1 Å². The van der Waals surface area contributed by atoms with Gasteiger partial charge in [-0.05, 0) is 48.9 Å². The molecule has 1 N–H and O–H groups in total. The first-order valence-electron chi connectivity index (χ1n) is 10.5. The first-order valence-corrected chi connectivity index (χ1v) is 12.4. The second kappa shape index (κ2) is 11.4. The van der Waals surface area contributed by atoms with E-state index in [1.807, 2.05) is 4.57 Å². The van der Waals surface area contributed by atoms with E-state index in [9.17, 15) is 22.0 Å². The van der Waals surface area contributed by atoms with Crippen LogP contribution in [0.2, 0.25) is 5.02 Å². The Morgan fingerprint density at radius 2 is 1.94 bits per heavy atom. The number of carbonyl (C=O) groups excluding carboxylic acids is 1. The van der Waals surface area contributed by atoms with Gasteiger partial charge in [-0.25, -0.2) is 27.0 Å². The average Bonchev–Trinajstić information content (AvgIpc) is 3.31. The Morgan fingerprint density at radius 3 is 2.62 bits per heavy atom. The van der Waals surface area contributed by atoms with Crippen LogP contribution in [-0.4, -0.2) is 37.2 Å². The van der Waals surface area contributed by atoms with Gasteiger partial charge in [0.25, 0.3) is 0 Å². The fraction of sp³-hybridized carbons (Fsp3) is 0.304. The maximum atomic E-state index is 14.6. The number of hydrogen-bond donors (Lipinski definition) is 1. The Morgan fingerprint density at radius 1 is 1.21 bits per heavy atom. The Labute approximate surface area is 201 Å². The van der Waals surface area contributed by atoms with Crippen LogP contribution < -0.4 is 5.32 Å². The number of nitrogens with one attached hydrogen (secondary N) is 1. The lowest BCUT2D eigenvalue weighted by molar-refractivity contribution is 0.128. The van der Waals surface area contributed by atoms with Gasteiger partial charge in [0.05, 0.1) is 23.1 Å². The van der Waals surface area contributed by atoms with E-state index in [1.165, 1.54) is 31.2 Å². The van der Waals surface area contributed by atoms with Crippen LogP contribution in [0.1, 0.15) is 24.2 Å². The first kappa shape index (κ1) is 25.6. The third-order valence-electron chi connectivity index (χ3n) is 5.16. The molecule has 0 saturated heterocycles. The summed E-state index contributed by atoms with van der Waals surface area (Å²) in [5.74, 6) is -2.55. The quantitative estimate of drug-likeness (QED) is 0.395. The number of sulfone groups is 1. The molecule has 11 heteroatoms. The molecule has 2 aromatic carbocycles. The van der Waals surface area contributed by atoms with Crippen LogP contribution >= 0.6 is 11.6 Å². The fourth-order valence-electron chi connectivity index (χ4n) is 3.50. The number of benzene rings is 2. The molecule has 0 aliphatic heterocycles. The number of nitrogens with zero attached hydrogens (tertiary/aromatic N) is 2. The van der Waals surface area contributed by atoms with Gasteiger partial charge in [-0.3, -0.25) is 0 Å². The molecule has 1 amide bonds. The number of alkyl carbamates (subject to hydrolysis) is 1. The number of carbonyl (C=O) groups is 1. The Hall–Kier alpha value is -2.98. The largest absolute Gasteiger partial charge is 0.449 e. The van der Waals surface area contributed by atoms with Crippen molar-refractivity contribution in [3.05, 3.63) is 83.4 Å². The minimum atomic E-state index is -4.19. The normalized spacial score (nSPS) is 13.3. The van der Waals surface area contributed by atoms with E-state index in [0.29, 0.717) is 24.5 Å². The van der Waals surface area contributed by atoms with Crippen molar-refractivity contribution in [2.45, 2.75) is 30.0 Å². The molecule has 0 fully saturated rings. The highest BCUT2D eigenvalue weighted by atomic mass is 35.5. The summed E-state index contributed by atoms with van der Waals surface area (Å²) in [5, 5.41) is 1.41. The average molecular weight is 512 g/mol. The molecule has 0 spiro atoms. The molecule has 182 valence electrons. The molecule has 0 radical (unpaired) electrons. The van der Waals surface area contributed by atoms with Gasteiger partial charge in [0.15, 0.2) is 9.84 Å². The monoisotopic (exact) mass is 511 g/mol. The lowest BCUT2D eigenvalue weighted by Crippen LogP contribution is -2.30. The predicted molar refractivity (Wildman–Crippen MR) is 123 cm³/mol. The van der Waals surface area contributed by atoms with Crippen LogP contribution in [0.4, 0.5) is 13.6 Å². The summed E-state index contributed by atoms with van der Waals surface area (Å²) < 4.78 is 62.4. The Balaban J connectivity index is 1.72. The van der Waals surface area contributed by atoms with Crippen molar-refractivity contribution in [1.82, 2.24) is 14.9 Å². The van der Waals surface area contributed by atoms with Gasteiger partial charge in [0.2, 0.25) is 0 Å².